The Morgan fingerprint density at radius 2 is 1.90 bits per heavy atom. The first-order valence-corrected chi connectivity index (χ1v) is 9.01. The van der Waals surface area contributed by atoms with Crippen LogP contribution in [0.25, 0.3) is 21.9 Å². The van der Waals surface area contributed by atoms with Crippen LogP contribution in [0.1, 0.15) is 16.8 Å². The van der Waals surface area contributed by atoms with Gasteiger partial charge >= 0.3 is 5.69 Å². The van der Waals surface area contributed by atoms with Crippen LogP contribution in [0.2, 0.25) is 0 Å². The molecular formula is C21H16FN5O3. The fourth-order valence-electron chi connectivity index (χ4n) is 3.50. The van der Waals surface area contributed by atoms with E-state index >= 15 is 0 Å². The average molecular weight is 405 g/mol. The molecule has 2 aromatic carbocycles. The summed E-state index contributed by atoms with van der Waals surface area (Å²) in [5.74, 6) is -0.760. The fraction of sp³-hybridized carbons (Fsp3) is 0.0952. The van der Waals surface area contributed by atoms with Gasteiger partial charge < -0.3 is 5.73 Å². The lowest BCUT2D eigenvalue weighted by Gasteiger charge is -2.11. The first kappa shape index (κ1) is 19.2. The molecule has 0 amide bonds. The summed E-state index contributed by atoms with van der Waals surface area (Å²) in [6.07, 6.45) is 1.65. The molecule has 0 aliphatic carbocycles. The summed E-state index contributed by atoms with van der Waals surface area (Å²) in [5.41, 5.74) is 7.03. The van der Waals surface area contributed by atoms with E-state index in [-0.39, 0.29) is 33.8 Å². The average Bonchev–Trinajstić information content (AvgIpc) is 2.72. The molecule has 8 nitrogen and oxygen atoms in total. The minimum atomic E-state index is -0.626. The van der Waals surface area contributed by atoms with E-state index in [1.54, 1.807) is 30.3 Å². The van der Waals surface area contributed by atoms with Crippen LogP contribution in [-0.4, -0.2) is 20.1 Å². The SMILES string of the molecule is Cc1c(-c2cc(Cc3n[nH]c(=O)c4ccccc34)ccc2F)cnc(N)c1[N+](=O)[O-]. The van der Waals surface area contributed by atoms with Crippen molar-refractivity contribution < 1.29 is 9.31 Å². The molecule has 0 spiro atoms. The Morgan fingerprint density at radius 1 is 1.17 bits per heavy atom. The van der Waals surface area contributed by atoms with Crippen molar-refractivity contribution in [1.29, 1.82) is 0 Å². The first-order valence-electron chi connectivity index (χ1n) is 9.01. The highest BCUT2D eigenvalue weighted by Crippen LogP contribution is 2.34. The Morgan fingerprint density at radius 3 is 2.63 bits per heavy atom. The van der Waals surface area contributed by atoms with Crippen LogP contribution >= 0.6 is 0 Å². The highest BCUT2D eigenvalue weighted by Gasteiger charge is 2.22. The van der Waals surface area contributed by atoms with Crippen LogP contribution in [0, 0.1) is 22.9 Å². The van der Waals surface area contributed by atoms with Crippen LogP contribution < -0.4 is 11.3 Å². The van der Waals surface area contributed by atoms with Gasteiger partial charge in [-0.15, -0.1) is 0 Å². The van der Waals surface area contributed by atoms with E-state index in [1.165, 1.54) is 19.2 Å². The molecular weight excluding hydrogens is 389 g/mol. The Kier molecular flexibility index (Phi) is 4.71. The second-order valence-electron chi connectivity index (χ2n) is 6.82. The molecule has 0 aliphatic rings. The van der Waals surface area contributed by atoms with Crippen molar-refractivity contribution in [3.63, 3.8) is 0 Å². The molecule has 30 heavy (non-hydrogen) atoms. The number of nitrogens with zero attached hydrogens (tertiary/aromatic N) is 3. The van der Waals surface area contributed by atoms with Crippen molar-refractivity contribution in [2.45, 2.75) is 13.3 Å². The van der Waals surface area contributed by atoms with Gasteiger partial charge in [-0.3, -0.25) is 14.9 Å². The van der Waals surface area contributed by atoms with Crippen LogP contribution in [0.4, 0.5) is 15.9 Å². The minimum absolute atomic E-state index is 0.175. The molecule has 2 heterocycles. The second kappa shape index (κ2) is 7.36. The Bertz CT molecular complexity index is 1370. The Hall–Kier alpha value is -4.14. The lowest BCUT2D eigenvalue weighted by atomic mass is 9.97. The number of anilines is 1. The smallest absolute Gasteiger partial charge is 0.314 e. The standard InChI is InChI=1S/C21H16FN5O3/c1-11-16(10-24-20(23)19(11)27(29)30)15-8-12(6-7-17(15)22)9-18-13-4-2-3-5-14(13)21(28)26-25-18/h2-8,10H,9H2,1H3,(H2,23,24)(H,26,28). The molecule has 0 fully saturated rings. The van der Waals surface area contributed by atoms with Crippen molar-refractivity contribution in [2.24, 2.45) is 0 Å². The van der Waals surface area contributed by atoms with E-state index in [4.69, 9.17) is 5.73 Å². The molecule has 0 saturated heterocycles. The van der Waals surface area contributed by atoms with Crippen LogP contribution in [-0.2, 0) is 6.42 Å². The second-order valence-corrected chi connectivity index (χ2v) is 6.82. The van der Waals surface area contributed by atoms with Gasteiger partial charge in [0.1, 0.15) is 5.82 Å². The van der Waals surface area contributed by atoms with E-state index in [0.717, 1.165) is 5.56 Å². The van der Waals surface area contributed by atoms with Gasteiger partial charge in [-0.05, 0) is 30.7 Å². The highest BCUT2D eigenvalue weighted by molar-refractivity contribution is 5.83. The van der Waals surface area contributed by atoms with Gasteiger partial charge in [-0.2, -0.15) is 5.10 Å². The van der Waals surface area contributed by atoms with Gasteiger partial charge in [-0.25, -0.2) is 14.5 Å². The summed E-state index contributed by atoms with van der Waals surface area (Å²) in [6.45, 7) is 1.51. The maximum atomic E-state index is 14.6. The number of nitro groups is 1. The van der Waals surface area contributed by atoms with Crippen molar-refractivity contribution in [1.82, 2.24) is 15.2 Å². The van der Waals surface area contributed by atoms with E-state index in [9.17, 15) is 19.3 Å². The monoisotopic (exact) mass is 405 g/mol. The summed E-state index contributed by atoms with van der Waals surface area (Å²) >= 11 is 0. The molecule has 4 aromatic rings. The molecule has 4 rings (SSSR count). The van der Waals surface area contributed by atoms with Crippen molar-refractivity contribution in [3.8, 4) is 11.1 Å². The van der Waals surface area contributed by atoms with Crippen molar-refractivity contribution in [3.05, 3.63) is 91.8 Å². The zero-order chi connectivity index (χ0) is 21.4. The summed E-state index contributed by atoms with van der Waals surface area (Å²) in [4.78, 5) is 26.5. The van der Waals surface area contributed by atoms with Gasteiger partial charge in [0.15, 0.2) is 0 Å². The molecule has 3 N–H and O–H groups in total. The molecule has 0 radical (unpaired) electrons. The third-order valence-corrected chi connectivity index (χ3v) is 4.98. The largest absolute Gasteiger partial charge is 0.378 e. The number of rotatable bonds is 4. The maximum Gasteiger partial charge on any atom is 0.314 e. The zero-order valence-corrected chi connectivity index (χ0v) is 15.8. The number of benzene rings is 2. The van der Waals surface area contributed by atoms with E-state index in [2.05, 4.69) is 15.2 Å². The van der Waals surface area contributed by atoms with E-state index < -0.39 is 10.7 Å². The predicted molar refractivity (Wildman–Crippen MR) is 111 cm³/mol. The number of hydrogen-bond acceptors (Lipinski definition) is 6. The third kappa shape index (κ3) is 3.26. The quantitative estimate of drug-likeness (QED) is 0.395. The Labute approximate surface area is 169 Å². The van der Waals surface area contributed by atoms with Crippen molar-refractivity contribution in [2.75, 3.05) is 5.73 Å². The van der Waals surface area contributed by atoms with Crippen LogP contribution in [0.5, 0.6) is 0 Å². The fourth-order valence-corrected chi connectivity index (χ4v) is 3.50. The first-order chi connectivity index (χ1) is 14.4. The number of aromatic amines is 1. The molecule has 9 heteroatoms. The summed E-state index contributed by atoms with van der Waals surface area (Å²) < 4.78 is 14.6. The normalized spacial score (nSPS) is 11.0. The molecule has 0 bridgehead atoms. The molecule has 0 saturated carbocycles. The molecule has 2 aromatic heterocycles. The van der Waals surface area contributed by atoms with Crippen LogP contribution in [0.3, 0.4) is 0 Å². The van der Waals surface area contributed by atoms with Gasteiger partial charge in [0.05, 0.1) is 16.0 Å². The molecule has 0 aliphatic heterocycles. The van der Waals surface area contributed by atoms with Crippen LogP contribution in [0.15, 0.2) is 53.5 Å². The highest BCUT2D eigenvalue weighted by atomic mass is 19.1. The molecule has 0 unspecified atom stereocenters. The predicted octanol–water partition coefficient (Wildman–Crippen LogP) is 3.51. The van der Waals surface area contributed by atoms with Gasteiger partial charge in [0, 0.05) is 34.7 Å². The minimum Gasteiger partial charge on any atom is -0.378 e. The third-order valence-electron chi connectivity index (χ3n) is 4.98. The number of H-pyrrole nitrogens is 1. The lowest BCUT2D eigenvalue weighted by molar-refractivity contribution is -0.384. The van der Waals surface area contributed by atoms with Gasteiger partial charge in [0.25, 0.3) is 5.56 Å². The van der Waals surface area contributed by atoms with Gasteiger partial charge in [-0.1, -0.05) is 24.3 Å². The van der Waals surface area contributed by atoms with Gasteiger partial charge in [0.2, 0.25) is 5.82 Å². The summed E-state index contributed by atoms with van der Waals surface area (Å²) in [5, 5.41) is 19.2. The number of pyridine rings is 1. The Balaban J connectivity index is 1.82. The number of nitrogens with two attached hydrogens (primary N) is 1. The maximum absolute atomic E-state index is 14.6. The van der Waals surface area contributed by atoms with Crippen molar-refractivity contribution >= 4 is 22.3 Å². The van der Waals surface area contributed by atoms with E-state index in [0.29, 0.717) is 22.9 Å². The number of nitrogens with one attached hydrogen (secondary N) is 1. The number of hydrogen-bond donors (Lipinski definition) is 2. The number of aromatic nitrogens is 3. The molecule has 0 atom stereocenters. The number of fused-ring (bicyclic) bond motifs is 1. The number of halogens is 1. The topological polar surface area (TPSA) is 128 Å². The zero-order valence-electron chi connectivity index (χ0n) is 15.8. The molecule has 150 valence electrons. The number of nitrogen functional groups attached to an aromatic ring is 1. The van der Waals surface area contributed by atoms with E-state index in [1.807, 2.05) is 6.07 Å². The summed E-state index contributed by atoms with van der Waals surface area (Å²) in [7, 11) is 0. The summed E-state index contributed by atoms with van der Waals surface area (Å²) in [6, 6.07) is 11.6. The lowest BCUT2D eigenvalue weighted by Crippen LogP contribution is -2.11.